The van der Waals surface area contributed by atoms with Gasteiger partial charge in [0.2, 0.25) is 0 Å². The first-order chi connectivity index (χ1) is 8.93. The van der Waals surface area contributed by atoms with E-state index in [2.05, 4.69) is 29.1 Å². The van der Waals surface area contributed by atoms with Crippen LogP contribution in [0, 0.1) is 5.41 Å². The monoisotopic (exact) mass is 267 g/mol. The van der Waals surface area contributed by atoms with Crippen molar-refractivity contribution in [1.82, 2.24) is 15.3 Å². The molecule has 1 aliphatic rings. The molecule has 0 bridgehead atoms. The van der Waals surface area contributed by atoms with Crippen molar-refractivity contribution in [1.29, 1.82) is 0 Å². The molecule has 6 nitrogen and oxygen atoms in total. The van der Waals surface area contributed by atoms with Crippen LogP contribution in [0.2, 0.25) is 0 Å². The highest BCUT2D eigenvalue weighted by Crippen LogP contribution is 2.26. The Morgan fingerprint density at radius 3 is 2.95 bits per heavy atom. The van der Waals surface area contributed by atoms with Gasteiger partial charge in [0.05, 0.1) is 6.61 Å². The number of carbonyl (C=O) groups is 1. The number of carbonyl (C=O) groups excluding carboxylic acids is 1. The van der Waals surface area contributed by atoms with Gasteiger partial charge in [0, 0.05) is 18.8 Å². The van der Waals surface area contributed by atoms with E-state index < -0.39 is 6.10 Å². The summed E-state index contributed by atoms with van der Waals surface area (Å²) in [6.45, 7) is 7.35. The number of rotatable bonds is 4. The highest BCUT2D eigenvalue weighted by atomic mass is 16.5. The van der Waals surface area contributed by atoms with E-state index in [0.29, 0.717) is 24.7 Å². The van der Waals surface area contributed by atoms with Gasteiger partial charge < -0.3 is 20.1 Å². The van der Waals surface area contributed by atoms with E-state index in [1.807, 2.05) is 6.92 Å². The average molecular weight is 267 g/mol. The van der Waals surface area contributed by atoms with Crippen molar-refractivity contribution in [2.24, 2.45) is 5.41 Å². The Kier molecular flexibility index (Phi) is 3.91. The molecular weight excluding hydrogens is 246 g/mol. The van der Waals surface area contributed by atoms with E-state index in [9.17, 15) is 9.90 Å². The molecular formula is C13H21N3O3. The minimum Gasteiger partial charge on any atom is -0.383 e. The third-order valence-electron chi connectivity index (χ3n) is 3.19. The highest BCUT2D eigenvalue weighted by molar-refractivity contribution is 5.93. The zero-order valence-corrected chi connectivity index (χ0v) is 11.6. The first kappa shape index (κ1) is 14.0. The molecule has 0 saturated heterocycles. The number of aromatic amines is 1. The SMILES string of the molecule is CCOC[C@@H](O)c1nc2c([nH]1)CC(C)(C)CNC2=O. The molecule has 3 N–H and O–H groups in total. The van der Waals surface area contributed by atoms with Crippen molar-refractivity contribution in [3.8, 4) is 0 Å². The van der Waals surface area contributed by atoms with Gasteiger partial charge in [-0.15, -0.1) is 0 Å². The predicted molar refractivity (Wildman–Crippen MR) is 69.9 cm³/mol. The minimum absolute atomic E-state index is 0.0322. The maximum absolute atomic E-state index is 11.9. The molecule has 1 aromatic heterocycles. The van der Waals surface area contributed by atoms with E-state index in [-0.39, 0.29) is 17.9 Å². The second-order valence-electron chi connectivity index (χ2n) is 5.65. The smallest absolute Gasteiger partial charge is 0.271 e. The molecule has 0 spiro atoms. The van der Waals surface area contributed by atoms with Crippen molar-refractivity contribution >= 4 is 5.91 Å². The Balaban J connectivity index is 2.23. The fourth-order valence-corrected chi connectivity index (χ4v) is 2.16. The molecule has 1 atom stereocenters. The molecule has 0 saturated carbocycles. The summed E-state index contributed by atoms with van der Waals surface area (Å²) >= 11 is 0. The first-order valence-corrected chi connectivity index (χ1v) is 6.56. The number of ether oxygens (including phenoxy) is 1. The summed E-state index contributed by atoms with van der Waals surface area (Å²) in [6, 6.07) is 0. The second kappa shape index (κ2) is 5.30. The van der Waals surface area contributed by atoms with Crippen LogP contribution in [0.1, 0.15) is 48.9 Å². The second-order valence-corrected chi connectivity index (χ2v) is 5.65. The third kappa shape index (κ3) is 3.13. The van der Waals surface area contributed by atoms with Crippen LogP contribution < -0.4 is 5.32 Å². The molecule has 0 unspecified atom stereocenters. The Hall–Kier alpha value is -1.40. The molecule has 1 aliphatic heterocycles. The lowest BCUT2D eigenvalue weighted by atomic mass is 9.88. The van der Waals surface area contributed by atoms with Crippen LogP contribution in [-0.2, 0) is 11.2 Å². The molecule has 106 valence electrons. The number of aliphatic hydroxyl groups is 1. The van der Waals surface area contributed by atoms with Gasteiger partial charge in [-0.05, 0) is 18.8 Å². The maximum atomic E-state index is 11.9. The summed E-state index contributed by atoms with van der Waals surface area (Å²) in [5.74, 6) is 0.206. The molecule has 1 amide bonds. The molecule has 0 aromatic carbocycles. The minimum atomic E-state index is -0.831. The van der Waals surface area contributed by atoms with Gasteiger partial charge in [-0.3, -0.25) is 4.79 Å². The Bertz CT molecular complexity index is 468. The van der Waals surface area contributed by atoms with Gasteiger partial charge in [-0.1, -0.05) is 13.8 Å². The fraction of sp³-hybridized carbons (Fsp3) is 0.692. The van der Waals surface area contributed by atoms with Crippen LogP contribution in [0.15, 0.2) is 0 Å². The average Bonchev–Trinajstić information content (AvgIpc) is 2.72. The summed E-state index contributed by atoms with van der Waals surface area (Å²) in [6.07, 6.45) is -0.113. The van der Waals surface area contributed by atoms with E-state index in [1.54, 1.807) is 0 Å². The number of nitrogens with one attached hydrogen (secondary N) is 2. The lowest BCUT2D eigenvalue weighted by molar-refractivity contribution is 0.0376. The van der Waals surface area contributed by atoms with Gasteiger partial charge in [-0.2, -0.15) is 0 Å². The predicted octanol–water partition coefficient (Wildman–Crippen LogP) is 0.792. The lowest BCUT2D eigenvalue weighted by Gasteiger charge is -2.21. The zero-order chi connectivity index (χ0) is 14.0. The normalized spacial score (nSPS) is 19.5. The Labute approximate surface area is 112 Å². The fourth-order valence-electron chi connectivity index (χ4n) is 2.16. The van der Waals surface area contributed by atoms with Crippen LogP contribution in [-0.4, -0.2) is 40.7 Å². The number of aromatic nitrogens is 2. The van der Waals surface area contributed by atoms with Gasteiger partial charge in [-0.25, -0.2) is 4.98 Å². The molecule has 0 aliphatic carbocycles. The molecule has 19 heavy (non-hydrogen) atoms. The summed E-state index contributed by atoms with van der Waals surface area (Å²) in [7, 11) is 0. The number of aliphatic hydroxyl groups excluding tert-OH is 1. The van der Waals surface area contributed by atoms with Gasteiger partial charge in [0.1, 0.15) is 17.6 Å². The number of amides is 1. The van der Waals surface area contributed by atoms with Crippen LogP contribution in [0.4, 0.5) is 0 Å². The Morgan fingerprint density at radius 1 is 1.53 bits per heavy atom. The molecule has 2 heterocycles. The van der Waals surface area contributed by atoms with E-state index >= 15 is 0 Å². The Morgan fingerprint density at radius 2 is 2.26 bits per heavy atom. The van der Waals surface area contributed by atoms with Crippen LogP contribution in [0.5, 0.6) is 0 Å². The third-order valence-corrected chi connectivity index (χ3v) is 3.19. The molecule has 6 heteroatoms. The van der Waals surface area contributed by atoms with Crippen molar-refractivity contribution in [3.63, 3.8) is 0 Å². The van der Waals surface area contributed by atoms with Crippen LogP contribution >= 0.6 is 0 Å². The van der Waals surface area contributed by atoms with Crippen molar-refractivity contribution < 1.29 is 14.6 Å². The largest absolute Gasteiger partial charge is 0.383 e. The molecule has 0 fully saturated rings. The maximum Gasteiger partial charge on any atom is 0.271 e. The summed E-state index contributed by atoms with van der Waals surface area (Å²) < 4.78 is 5.16. The standard InChI is InChI=1S/C13H21N3O3/c1-4-19-6-9(17)11-15-8-5-13(2,3)7-14-12(18)10(8)16-11/h9,17H,4-7H2,1-3H3,(H,14,18)(H,15,16)/t9-/m1/s1. The number of imidazole rings is 1. The van der Waals surface area contributed by atoms with E-state index in [0.717, 1.165) is 12.1 Å². The van der Waals surface area contributed by atoms with Crippen molar-refractivity contribution in [3.05, 3.63) is 17.2 Å². The molecule has 2 rings (SSSR count). The van der Waals surface area contributed by atoms with Crippen molar-refractivity contribution in [2.75, 3.05) is 19.8 Å². The lowest BCUT2D eigenvalue weighted by Crippen LogP contribution is -2.32. The quantitative estimate of drug-likeness (QED) is 0.752. The number of H-pyrrole nitrogens is 1. The highest BCUT2D eigenvalue weighted by Gasteiger charge is 2.30. The van der Waals surface area contributed by atoms with Gasteiger partial charge in [0.25, 0.3) is 5.91 Å². The zero-order valence-electron chi connectivity index (χ0n) is 11.6. The number of hydrogen-bond acceptors (Lipinski definition) is 4. The molecule has 0 radical (unpaired) electrons. The first-order valence-electron chi connectivity index (χ1n) is 6.56. The summed E-state index contributed by atoms with van der Waals surface area (Å²) in [5, 5.41) is 12.8. The summed E-state index contributed by atoms with van der Waals surface area (Å²) in [4.78, 5) is 19.2. The van der Waals surface area contributed by atoms with Gasteiger partial charge >= 0.3 is 0 Å². The van der Waals surface area contributed by atoms with Crippen LogP contribution in [0.3, 0.4) is 0 Å². The topological polar surface area (TPSA) is 87.2 Å². The number of nitrogens with zero attached hydrogens (tertiary/aromatic N) is 1. The summed E-state index contributed by atoms with van der Waals surface area (Å²) in [5.41, 5.74) is 1.14. The van der Waals surface area contributed by atoms with Gasteiger partial charge in [0.15, 0.2) is 0 Å². The van der Waals surface area contributed by atoms with E-state index in [4.69, 9.17) is 4.74 Å². The van der Waals surface area contributed by atoms with E-state index in [1.165, 1.54) is 0 Å². The number of hydrogen-bond donors (Lipinski definition) is 3. The molecule has 1 aromatic rings. The number of fused-ring (bicyclic) bond motifs is 1. The van der Waals surface area contributed by atoms with Crippen LogP contribution in [0.25, 0.3) is 0 Å². The van der Waals surface area contributed by atoms with Crippen molar-refractivity contribution in [2.45, 2.75) is 33.3 Å².